The summed E-state index contributed by atoms with van der Waals surface area (Å²) in [5.74, 6) is -0.547. The molecule has 0 atom stereocenters. The number of carbonyl (C=O) groups is 2. The molecule has 32 heavy (non-hydrogen) atoms. The topological polar surface area (TPSA) is 108 Å². The van der Waals surface area contributed by atoms with Gasteiger partial charge in [0.2, 0.25) is 0 Å². The Balaban J connectivity index is 1.60. The highest BCUT2D eigenvalue weighted by molar-refractivity contribution is 6.32. The van der Waals surface area contributed by atoms with Crippen LogP contribution in [-0.2, 0) is 11.2 Å². The van der Waals surface area contributed by atoms with Gasteiger partial charge in [0.1, 0.15) is 0 Å². The SMILES string of the molecule is COc1cc(C(=O)NCCc2ccc(-n3nc(C)cc3C)cc2)cc(Cl)c1OCC(N)=O. The highest BCUT2D eigenvalue weighted by Gasteiger charge is 2.16. The van der Waals surface area contributed by atoms with Crippen molar-refractivity contribution in [3.8, 4) is 17.2 Å². The van der Waals surface area contributed by atoms with Gasteiger partial charge < -0.3 is 20.5 Å². The van der Waals surface area contributed by atoms with Gasteiger partial charge in [-0.05, 0) is 56.2 Å². The van der Waals surface area contributed by atoms with Gasteiger partial charge in [-0.3, -0.25) is 9.59 Å². The zero-order valence-corrected chi connectivity index (χ0v) is 18.9. The Labute approximate surface area is 191 Å². The van der Waals surface area contributed by atoms with Crippen molar-refractivity contribution in [2.24, 2.45) is 5.73 Å². The number of nitrogens with one attached hydrogen (secondary N) is 1. The lowest BCUT2D eigenvalue weighted by molar-refractivity contribution is -0.119. The summed E-state index contributed by atoms with van der Waals surface area (Å²) in [7, 11) is 1.42. The van der Waals surface area contributed by atoms with E-state index in [1.807, 2.05) is 48.9 Å². The van der Waals surface area contributed by atoms with Gasteiger partial charge >= 0.3 is 0 Å². The van der Waals surface area contributed by atoms with Crippen LogP contribution >= 0.6 is 11.6 Å². The summed E-state index contributed by atoms with van der Waals surface area (Å²) in [6.45, 7) is 4.07. The number of carbonyl (C=O) groups excluding carboxylic acids is 2. The van der Waals surface area contributed by atoms with Gasteiger partial charge in [-0.25, -0.2) is 4.68 Å². The van der Waals surface area contributed by atoms with Crippen molar-refractivity contribution in [3.05, 3.63) is 70.0 Å². The third kappa shape index (κ3) is 5.59. The molecular weight excluding hydrogens is 432 g/mol. The molecule has 0 unspecified atom stereocenters. The number of rotatable bonds is 9. The summed E-state index contributed by atoms with van der Waals surface area (Å²) in [5, 5.41) is 7.50. The Bertz CT molecular complexity index is 1130. The second kappa shape index (κ2) is 10.2. The van der Waals surface area contributed by atoms with Crippen molar-refractivity contribution in [3.63, 3.8) is 0 Å². The zero-order valence-electron chi connectivity index (χ0n) is 18.1. The Morgan fingerprint density at radius 3 is 2.47 bits per heavy atom. The maximum Gasteiger partial charge on any atom is 0.255 e. The van der Waals surface area contributed by atoms with E-state index in [4.69, 9.17) is 26.8 Å². The smallest absolute Gasteiger partial charge is 0.255 e. The number of aryl methyl sites for hydroxylation is 2. The normalized spacial score (nSPS) is 10.6. The molecule has 0 aliphatic rings. The maximum atomic E-state index is 12.6. The number of benzene rings is 2. The molecule has 0 spiro atoms. The number of nitrogens with two attached hydrogens (primary N) is 1. The van der Waals surface area contributed by atoms with E-state index in [0.29, 0.717) is 18.5 Å². The van der Waals surface area contributed by atoms with Crippen molar-refractivity contribution in [2.75, 3.05) is 20.3 Å². The van der Waals surface area contributed by atoms with E-state index >= 15 is 0 Å². The molecule has 2 aromatic carbocycles. The highest BCUT2D eigenvalue weighted by Crippen LogP contribution is 2.36. The molecule has 9 heteroatoms. The number of hydrogen-bond donors (Lipinski definition) is 2. The molecule has 0 radical (unpaired) electrons. The summed E-state index contributed by atoms with van der Waals surface area (Å²) < 4.78 is 12.4. The Kier molecular flexibility index (Phi) is 7.37. The Morgan fingerprint density at radius 2 is 1.88 bits per heavy atom. The third-order valence-corrected chi connectivity index (χ3v) is 5.02. The molecule has 2 amide bonds. The molecular formula is C23H25ClN4O4. The molecule has 0 fully saturated rings. The fraction of sp³-hybridized carbons (Fsp3) is 0.261. The van der Waals surface area contributed by atoms with Crippen LogP contribution in [0.15, 0.2) is 42.5 Å². The number of ether oxygens (including phenoxy) is 2. The van der Waals surface area contributed by atoms with Crippen LogP contribution in [-0.4, -0.2) is 41.9 Å². The van der Waals surface area contributed by atoms with Crippen molar-refractivity contribution < 1.29 is 19.1 Å². The van der Waals surface area contributed by atoms with Gasteiger partial charge in [0.05, 0.1) is 23.5 Å². The van der Waals surface area contributed by atoms with Crippen molar-refractivity contribution in [1.29, 1.82) is 0 Å². The third-order valence-electron chi connectivity index (χ3n) is 4.74. The van der Waals surface area contributed by atoms with Gasteiger partial charge in [-0.1, -0.05) is 23.7 Å². The number of nitrogens with zero attached hydrogens (tertiary/aromatic N) is 2. The predicted molar refractivity (Wildman–Crippen MR) is 122 cm³/mol. The van der Waals surface area contributed by atoms with E-state index in [1.54, 1.807) is 0 Å². The first-order chi connectivity index (χ1) is 15.3. The lowest BCUT2D eigenvalue weighted by Gasteiger charge is -2.13. The molecule has 0 saturated carbocycles. The molecule has 3 aromatic rings. The van der Waals surface area contributed by atoms with Crippen molar-refractivity contribution >= 4 is 23.4 Å². The van der Waals surface area contributed by atoms with Crippen LogP contribution in [0, 0.1) is 13.8 Å². The monoisotopic (exact) mass is 456 g/mol. The summed E-state index contributed by atoms with van der Waals surface area (Å²) >= 11 is 6.20. The minimum absolute atomic E-state index is 0.149. The average Bonchev–Trinajstić information content (AvgIpc) is 3.10. The molecule has 8 nitrogen and oxygen atoms in total. The van der Waals surface area contributed by atoms with Crippen LogP contribution in [0.2, 0.25) is 5.02 Å². The number of aromatic nitrogens is 2. The number of hydrogen-bond acceptors (Lipinski definition) is 5. The van der Waals surface area contributed by atoms with Crippen LogP contribution in [0.3, 0.4) is 0 Å². The van der Waals surface area contributed by atoms with Gasteiger partial charge in [-0.2, -0.15) is 5.10 Å². The second-order valence-corrected chi connectivity index (χ2v) is 7.66. The molecule has 1 heterocycles. The van der Waals surface area contributed by atoms with Crippen LogP contribution in [0.25, 0.3) is 5.69 Å². The first-order valence-electron chi connectivity index (χ1n) is 9.98. The number of primary amides is 1. The van der Waals surface area contributed by atoms with E-state index in [2.05, 4.69) is 10.4 Å². The molecule has 0 aliphatic heterocycles. The predicted octanol–water partition coefficient (Wildman–Crippen LogP) is 2.99. The molecule has 0 bridgehead atoms. The lowest BCUT2D eigenvalue weighted by Crippen LogP contribution is -2.26. The van der Waals surface area contributed by atoms with E-state index in [9.17, 15) is 9.59 Å². The van der Waals surface area contributed by atoms with Crippen LogP contribution in [0.4, 0.5) is 0 Å². The van der Waals surface area contributed by atoms with Crippen LogP contribution in [0.5, 0.6) is 11.5 Å². The fourth-order valence-corrected chi connectivity index (χ4v) is 3.52. The molecule has 0 saturated heterocycles. The summed E-state index contributed by atoms with van der Waals surface area (Å²) in [4.78, 5) is 23.5. The van der Waals surface area contributed by atoms with Crippen molar-refractivity contribution in [1.82, 2.24) is 15.1 Å². The maximum absolute atomic E-state index is 12.6. The summed E-state index contributed by atoms with van der Waals surface area (Å²) in [6, 6.07) is 13.0. The zero-order chi connectivity index (χ0) is 23.3. The Hall–Kier alpha value is -3.52. The fourth-order valence-electron chi connectivity index (χ4n) is 3.25. The molecule has 3 N–H and O–H groups in total. The van der Waals surface area contributed by atoms with E-state index in [0.717, 1.165) is 22.6 Å². The standard InChI is InChI=1S/C23H25ClN4O4/c1-14-10-15(2)28(27-14)18-6-4-16(5-7-18)8-9-26-23(30)17-11-19(24)22(20(12-17)31-3)32-13-21(25)29/h4-7,10-12H,8-9,13H2,1-3H3,(H2,25,29)(H,26,30). The molecule has 0 aliphatic carbocycles. The van der Waals surface area contributed by atoms with Gasteiger partial charge in [-0.15, -0.1) is 0 Å². The number of amides is 2. The Morgan fingerprint density at radius 1 is 1.16 bits per heavy atom. The van der Waals surface area contributed by atoms with Gasteiger partial charge in [0, 0.05) is 17.8 Å². The molecule has 168 valence electrons. The van der Waals surface area contributed by atoms with Crippen LogP contribution < -0.4 is 20.5 Å². The lowest BCUT2D eigenvalue weighted by atomic mass is 10.1. The van der Waals surface area contributed by atoms with E-state index < -0.39 is 5.91 Å². The van der Waals surface area contributed by atoms with Crippen molar-refractivity contribution in [2.45, 2.75) is 20.3 Å². The van der Waals surface area contributed by atoms with Gasteiger partial charge in [0.25, 0.3) is 11.8 Å². The minimum atomic E-state index is -0.646. The molecule has 3 rings (SSSR count). The molecule has 1 aromatic heterocycles. The number of halogens is 1. The average molecular weight is 457 g/mol. The quantitative estimate of drug-likeness (QED) is 0.514. The first-order valence-corrected chi connectivity index (χ1v) is 10.4. The highest BCUT2D eigenvalue weighted by atomic mass is 35.5. The summed E-state index contributed by atoms with van der Waals surface area (Å²) in [5.41, 5.74) is 9.53. The van der Waals surface area contributed by atoms with Gasteiger partial charge in [0.15, 0.2) is 18.1 Å². The minimum Gasteiger partial charge on any atom is -0.493 e. The number of methoxy groups -OCH3 is 1. The van der Waals surface area contributed by atoms with Crippen LogP contribution in [0.1, 0.15) is 27.3 Å². The largest absolute Gasteiger partial charge is 0.493 e. The first kappa shape index (κ1) is 23.1. The summed E-state index contributed by atoms with van der Waals surface area (Å²) in [6.07, 6.45) is 0.661. The second-order valence-electron chi connectivity index (χ2n) is 7.26. The van der Waals surface area contributed by atoms with E-state index in [-0.39, 0.29) is 29.0 Å². The van der Waals surface area contributed by atoms with E-state index in [1.165, 1.54) is 19.2 Å².